The molecule has 0 bridgehead atoms. The maximum Gasteiger partial charge on any atom is 0.182 e. The zero-order valence-electron chi connectivity index (χ0n) is 14.4. The summed E-state index contributed by atoms with van der Waals surface area (Å²) in [6.07, 6.45) is 2.02. The number of aromatic nitrogens is 1. The van der Waals surface area contributed by atoms with Crippen molar-refractivity contribution >= 4 is 16.7 Å². The molecule has 1 heterocycles. The maximum atomic E-state index is 12.8. The number of Topliss-reactive ketones (excluding diaryl/α,β-unsaturated/α-hetero) is 1. The van der Waals surface area contributed by atoms with Gasteiger partial charge in [-0.25, -0.2) is 0 Å². The molecule has 0 aliphatic heterocycles. The van der Waals surface area contributed by atoms with Crippen LogP contribution in [0.4, 0.5) is 0 Å². The predicted octanol–water partition coefficient (Wildman–Crippen LogP) is -0.665. The Bertz CT molecular complexity index is 688. The lowest BCUT2D eigenvalue weighted by Crippen LogP contribution is -3.11. The van der Waals surface area contributed by atoms with Crippen LogP contribution in [0.3, 0.4) is 0 Å². The number of nitrogens with zero attached hydrogens (tertiary/aromatic N) is 1. The van der Waals surface area contributed by atoms with Gasteiger partial charge in [-0.1, -0.05) is 25.1 Å². The standard InChI is InChI=1S/C19H26N2O.ClH/c1-4-20(5-2)12-13-21-17-9-7-6-8-15(17)16-11-10-14(3)19(22)18(16)21;/h6-9,14H,4-5,10-13H2,1-3H3;1H. The largest absolute Gasteiger partial charge is 1.00 e. The fraction of sp³-hybridized carbons (Fsp3) is 0.526. The average molecular weight is 335 g/mol. The molecule has 23 heavy (non-hydrogen) atoms. The van der Waals surface area contributed by atoms with E-state index in [9.17, 15) is 4.79 Å². The van der Waals surface area contributed by atoms with Crippen molar-refractivity contribution in [3.05, 3.63) is 35.5 Å². The lowest BCUT2D eigenvalue weighted by molar-refractivity contribution is -0.897. The fourth-order valence-corrected chi connectivity index (χ4v) is 3.74. The molecule has 3 rings (SSSR count). The van der Waals surface area contributed by atoms with Crippen molar-refractivity contribution in [1.29, 1.82) is 0 Å². The number of halogens is 1. The zero-order valence-corrected chi connectivity index (χ0v) is 15.1. The second-order valence-corrected chi connectivity index (χ2v) is 6.51. The molecule has 1 aromatic carbocycles. The summed E-state index contributed by atoms with van der Waals surface area (Å²) in [7, 11) is 0. The lowest BCUT2D eigenvalue weighted by Gasteiger charge is -2.21. The number of rotatable bonds is 5. The monoisotopic (exact) mass is 334 g/mol. The van der Waals surface area contributed by atoms with Crippen LogP contribution in [0.15, 0.2) is 24.3 Å². The normalized spacial score (nSPS) is 17.4. The van der Waals surface area contributed by atoms with E-state index in [0.29, 0.717) is 5.78 Å². The van der Waals surface area contributed by atoms with Crippen molar-refractivity contribution in [2.75, 3.05) is 19.6 Å². The van der Waals surface area contributed by atoms with Gasteiger partial charge in [0.2, 0.25) is 0 Å². The lowest BCUT2D eigenvalue weighted by atomic mass is 9.87. The number of ketones is 1. The van der Waals surface area contributed by atoms with Gasteiger partial charge in [-0.2, -0.15) is 0 Å². The molecule has 1 N–H and O–H groups in total. The van der Waals surface area contributed by atoms with Crippen LogP contribution in [-0.2, 0) is 13.0 Å². The van der Waals surface area contributed by atoms with E-state index < -0.39 is 0 Å². The highest BCUT2D eigenvalue weighted by Crippen LogP contribution is 2.33. The molecule has 1 unspecified atom stereocenters. The molecule has 1 aliphatic rings. The highest BCUT2D eigenvalue weighted by molar-refractivity contribution is 6.05. The van der Waals surface area contributed by atoms with Gasteiger partial charge < -0.3 is 21.9 Å². The molecule has 1 atom stereocenters. The number of likely N-dealkylation sites (N-methyl/N-ethyl adjacent to an activating group) is 1. The van der Waals surface area contributed by atoms with Crippen molar-refractivity contribution in [2.45, 2.75) is 40.2 Å². The number of hydrogen-bond donors (Lipinski definition) is 1. The third kappa shape index (κ3) is 3.17. The Morgan fingerprint density at radius 2 is 1.91 bits per heavy atom. The van der Waals surface area contributed by atoms with Gasteiger partial charge in [-0.05, 0) is 38.3 Å². The quantitative estimate of drug-likeness (QED) is 0.772. The van der Waals surface area contributed by atoms with E-state index in [1.807, 2.05) is 0 Å². The van der Waals surface area contributed by atoms with Crippen LogP contribution in [0.5, 0.6) is 0 Å². The molecule has 0 saturated heterocycles. The minimum Gasteiger partial charge on any atom is -1.00 e. The number of carbonyl (C=O) groups is 1. The second-order valence-electron chi connectivity index (χ2n) is 6.51. The number of nitrogens with one attached hydrogen (secondary N) is 1. The van der Waals surface area contributed by atoms with Crippen molar-refractivity contribution in [3.8, 4) is 0 Å². The Hall–Kier alpha value is -1.32. The number of aryl methyl sites for hydroxylation is 1. The Labute approximate surface area is 145 Å². The summed E-state index contributed by atoms with van der Waals surface area (Å²) in [4.78, 5) is 14.3. The first-order valence-corrected chi connectivity index (χ1v) is 8.65. The molecule has 3 nitrogen and oxygen atoms in total. The van der Waals surface area contributed by atoms with E-state index in [1.54, 1.807) is 4.90 Å². The SMILES string of the molecule is CC[NH+](CC)CCn1c2c(c3ccccc31)CCC(C)C2=O.[Cl-]. The van der Waals surface area contributed by atoms with E-state index in [-0.39, 0.29) is 18.3 Å². The van der Waals surface area contributed by atoms with Crippen LogP contribution in [0.1, 0.15) is 43.2 Å². The summed E-state index contributed by atoms with van der Waals surface area (Å²) in [6.45, 7) is 10.8. The van der Waals surface area contributed by atoms with Crippen LogP contribution in [-0.4, -0.2) is 30.0 Å². The Morgan fingerprint density at radius 3 is 2.61 bits per heavy atom. The Kier molecular flexibility index (Phi) is 5.88. The first-order chi connectivity index (χ1) is 10.7. The van der Waals surface area contributed by atoms with Crippen LogP contribution in [0, 0.1) is 5.92 Å². The average Bonchev–Trinajstić information content (AvgIpc) is 2.87. The highest BCUT2D eigenvalue weighted by atomic mass is 35.5. The summed E-state index contributed by atoms with van der Waals surface area (Å²) in [5.41, 5.74) is 3.52. The molecule has 0 radical (unpaired) electrons. The summed E-state index contributed by atoms with van der Waals surface area (Å²) in [5, 5.41) is 1.28. The minimum atomic E-state index is 0. The van der Waals surface area contributed by atoms with Crippen molar-refractivity contribution in [3.63, 3.8) is 0 Å². The topological polar surface area (TPSA) is 26.4 Å². The van der Waals surface area contributed by atoms with Gasteiger partial charge in [0.15, 0.2) is 5.78 Å². The zero-order chi connectivity index (χ0) is 15.7. The minimum absolute atomic E-state index is 0. The van der Waals surface area contributed by atoms with Crippen LogP contribution < -0.4 is 17.3 Å². The van der Waals surface area contributed by atoms with E-state index in [2.05, 4.69) is 49.6 Å². The summed E-state index contributed by atoms with van der Waals surface area (Å²) in [5.74, 6) is 0.503. The second kappa shape index (κ2) is 7.50. The molecule has 0 amide bonds. The van der Waals surface area contributed by atoms with Crippen LogP contribution in [0.25, 0.3) is 10.9 Å². The first-order valence-electron chi connectivity index (χ1n) is 8.65. The number of quaternary nitrogens is 1. The summed E-state index contributed by atoms with van der Waals surface area (Å²) < 4.78 is 2.30. The molecule has 0 fully saturated rings. The number of benzene rings is 1. The molecule has 1 aromatic heterocycles. The van der Waals surface area contributed by atoms with E-state index in [1.165, 1.54) is 16.5 Å². The predicted molar refractivity (Wildman–Crippen MR) is 90.7 cm³/mol. The van der Waals surface area contributed by atoms with Gasteiger partial charge >= 0.3 is 0 Å². The number of carbonyl (C=O) groups excluding carboxylic acids is 1. The van der Waals surface area contributed by atoms with Gasteiger partial charge in [0.1, 0.15) is 0 Å². The molecule has 1 aliphatic carbocycles. The van der Waals surface area contributed by atoms with Gasteiger partial charge in [0.05, 0.1) is 31.9 Å². The van der Waals surface area contributed by atoms with E-state index in [0.717, 1.165) is 44.7 Å². The van der Waals surface area contributed by atoms with Crippen LogP contribution >= 0.6 is 0 Å². The smallest absolute Gasteiger partial charge is 0.182 e. The molecule has 0 spiro atoms. The summed E-state index contributed by atoms with van der Waals surface area (Å²) in [6, 6.07) is 8.52. The van der Waals surface area contributed by atoms with Crippen molar-refractivity contribution in [2.24, 2.45) is 5.92 Å². The molecular formula is C19H27ClN2O. The van der Waals surface area contributed by atoms with Crippen LogP contribution in [0.2, 0.25) is 0 Å². The van der Waals surface area contributed by atoms with Gasteiger partial charge in [0, 0.05) is 16.8 Å². The van der Waals surface area contributed by atoms with Gasteiger partial charge in [0.25, 0.3) is 0 Å². The number of hydrogen-bond acceptors (Lipinski definition) is 1. The van der Waals surface area contributed by atoms with Crippen molar-refractivity contribution < 1.29 is 22.1 Å². The highest BCUT2D eigenvalue weighted by Gasteiger charge is 2.30. The molecule has 0 saturated carbocycles. The Balaban J connectivity index is 0.00000192. The first kappa shape index (κ1) is 18.0. The third-order valence-electron chi connectivity index (χ3n) is 5.27. The maximum absolute atomic E-state index is 12.8. The van der Waals surface area contributed by atoms with Gasteiger partial charge in [-0.15, -0.1) is 0 Å². The number of para-hydroxylation sites is 1. The van der Waals surface area contributed by atoms with E-state index >= 15 is 0 Å². The fourth-order valence-electron chi connectivity index (χ4n) is 3.74. The molecule has 2 aromatic rings. The molecule has 126 valence electrons. The Morgan fingerprint density at radius 1 is 1.22 bits per heavy atom. The molecule has 4 heteroatoms. The third-order valence-corrected chi connectivity index (χ3v) is 5.27. The number of fused-ring (bicyclic) bond motifs is 3. The van der Waals surface area contributed by atoms with E-state index in [4.69, 9.17) is 0 Å². The molecular weight excluding hydrogens is 308 g/mol. The summed E-state index contributed by atoms with van der Waals surface area (Å²) >= 11 is 0. The van der Waals surface area contributed by atoms with Crippen molar-refractivity contribution in [1.82, 2.24) is 4.57 Å². The van der Waals surface area contributed by atoms with Gasteiger partial charge in [-0.3, -0.25) is 4.79 Å².